The smallest absolute Gasteiger partial charge is 0.283 e. The molecule has 0 aromatic heterocycles. The second-order valence-electron chi connectivity index (χ2n) is 1.46. The first-order valence-electron chi connectivity index (χ1n) is 1.98. The first-order chi connectivity index (χ1) is 3.42. The molecule has 0 saturated carbocycles. The van der Waals surface area contributed by atoms with Gasteiger partial charge in [-0.05, 0) is 13.8 Å². The molecule has 1 nitrogen and oxygen atoms in total. The second kappa shape index (κ2) is 2.35. The number of rotatable bonds is 1. The molecule has 1 radical (unpaired) electrons. The lowest BCUT2D eigenvalue weighted by Crippen LogP contribution is -2.13. The monoisotopic (exact) mass is 127 g/mol. The van der Waals surface area contributed by atoms with Crippen molar-refractivity contribution in [3.8, 4) is 0 Å². The molecule has 8 heavy (non-hydrogen) atoms. The lowest BCUT2D eigenvalue weighted by Gasteiger charge is -2.07. The molecule has 0 aromatic carbocycles. The Morgan fingerprint density at radius 3 is 1.62 bits per heavy atom. The molecule has 0 amide bonds. The maximum atomic E-state index is 11.1. The molecule has 0 aromatic rings. The van der Waals surface area contributed by atoms with Crippen LogP contribution in [0.15, 0.2) is 0 Å². The Labute approximate surface area is 45.4 Å². The molecule has 0 aliphatic heterocycles. The Balaban J connectivity index is 3.39. The molecular formula is C4H6F3O. The van der Waals surface area contributed by atoms with Gasteiger partial charge in [-0.1, -0.05) is 0 Å². The molecule has 49 valence electrons. The topological polar surface area (TPSA) is 9.23 Å². The summed E-state index contributed by atoms with van der Waals surface area (Å²) in [6.45, 7) is 2.49. The zero-order chi connectivity index (χ0) is 6.78. The summed E-state index contributed by atoms with van der Waals surface area (Å²) in [6, 6.07) is 0. The minimum Gasteiger partial charge on any atom is -0.283 e. The molecule has 0 aliphatic carbocycles. The van der Waals surface area contributed by atoms with E-state index in [1.54, 1.807) is 0 Å². The molecule has 0 unspecified atom stereocenters. The van der Waals surface area contributed by atoms with Crippen molar-refractivity contribution in [2.75, 3.05) is 0 Å². The van der Waals surface area contributed by atoms with Crippen molar-refractivity contribution in [3.05, 3.63) is 6.10 Å². The van der Waals surface area contributed by atoms with E-state index >= 15 is 0 Å². The predicted molar refractivity (Wildman–Crippen MR) is 21.7 cm³/mol. The molecule has 0 rings (SSSR count). The molecular weight excluding hydrogens is 121 g/mol. The SMILES string of the molecule is C[C](C)OC(F)(F)F. The first-order valence-corrected chi connectivity index (χ1v) is 1.98. The Bertz CT molecular complexity index is 66.2. The van der Waals surface area contributed by atoms with Gasteiger partial charge in [0.25, 0.3) is 0 Å². The van der Waals surface area contributed by atoms with Crippen molar-refractivity contribution in [2.24, 2.45) is 0 Å². The lowest BCUT2D eigenvalue weighted by molar-refractivity contribution is -0.317. The van der Waals surface area contributed by atoms with E-state index in [1.807, 2.05) is 0 Å². The fourth-order valence-electron chi connectivity index (χ4n) is 0.231. The highest BCUT2D eigenvalue weighted by Crippen LogP contribution is 2.20. The van der Waals surface area contributed by atoms with E-state index in [4.69, 9.17) is 0 Å². The van der Waals surface area contributed by atoms with Crippen molar-refractivity contribution in [2.45, 2.75) is 20.2 Å². The van der Waals surface area contributed by atoms with Gasteiger partial charge in [0.2, 0.25) is 0 Å². The first kappa shape index (κ1) is 7.75. The molecule has 0 saturated heterocycles. The van der Waals surface area contributed by atoms with Crippen molar-refractivity contribution in [1.82, 2.24) is 0 Å². The standard InChI is InChI=1S/C4H6F3O/c1-3(2)8-4(5,6)7/h1-2H3. The van der Waals surface area contributed by atoms with Crippen LogP contribution in [0.4, 0.5) is 13.2 Å². The van der Waals surface area contributed by atoms with Crippen LogP contribution in [0.3, 0.4) is 0 Å². The van der Waals surface area contributed by atoms with Gasteiger partial charge in [0.1, 0.15) is 6.10 Å². The highest BCUT2D eigenvalue weighted by molar-refractivity contribution is 4.60. The lowest BCUT2D eigenvalue weighted by atomic mass is 10.5. The number of hydrogen-bond donors (Lipinski definition) is 0. The van der Waals surface area contributed by atoms with Gasteiger partial charge >= 0.3 is 6.36 Å². The molecule has 4 heteroatoms. The van der Waals surface area contributed by atoms with E-state index in [2.05, 4.69) is 4.74 Å². The Hall–Kier alpha value is -0.250. The third kappa shape index (κ3) is 5.75. The minimum absolute atomic E-state index is 0.0995. The van der Waals surface area contributed by atoms with Crippen molar-refractivity contribution in [3.63, 3.8) is 0 Å². The summed E-state index contributed by atoms with van der Waals surface area (Å²) in [4.78, 5) is 0. The van der Waals surface area contributed by atoms with Gasteiger partial charge in [0.15, 0.2) is 0 Å². The van der Waals surface area contributed by atoms with Gasteiger partial charge in [0.05, 0.1) is 0 Å². The third-order valence-corrected chi connectivity index (χ3v) is 0.320. The van der Waals surface area contributed by atoms with Crippen LogP contribution in [0, 0.1) is 6.10 Å². The van der Waals surface area contributed by atoms with Gasteiger partial charge in [-0.3, -0.25) is 4.74 Å². The van der Waals surface area contributed by atoms with Gasteiger partial charge in [-0.15, -0.1) is 13.2 Å². The Kier molecular flexibility index (Phi) is 2.27. The zero-order valence-electron chi connectivity index (χ0n) is 4.54. The average molecular weight is 127 g/mol. The van der Waals surface area contributed by atoms with Crippen LogP contribution in [0.25, 0.3) is 0 Å². The number of hydrogen-bond acceptors (Lipinski definition) is 1. The molecule has 0 aliphatic rings. The Morgan fingerprint density at radius 1 is 1.25 bits per heavy atom. The summed E-state index contributed by atoms with van der Waals surface area (Å²) in [5.74, 6) is 0. The maximum absolute atomic E-state index is 11.1. The largest absolute Gasteiger partial charge is 0.523 e. The molecule has 0 heterocycles. The van der Waals surface area contributed by atoms with Gasteiger partial charge in [-0.2, -0.15) is 0 Å². The molecule has 0 bridgehead atoms. The van der Waals surface area contributed by atoms with E-state index in [0.717, 1.165) is 0 Å². The molecule has 0 N–H and O–H groups in total. The van der Waals surface area contributed by atoms with Gasteiger partial charge in [0, 0.05) is 0 Å². The average Bonchev–Trinajstić information content (AvgIpc) is 1.21. The van der Waals surface area contributed by atoms with Gasteiger partial charge in [-0.25, -0.2) is 0 Å². The Morgan fingerprint density at radius 2 is 1.62 bits per heavy atom. The van der Waals surface area contributed by atoms with Crippen LogP contribution in [0.2, 0.25) is 0 Å². The summed E-state index contributed by atoms with van der Waals surface area (Å²) in [5.41, 5.74) is 0. The minimum atomic E-state index is -4.52. The van der Waals surface area contributed by atoms with E-state index in [0.29, 0.717) is 0 Å². The van der Waals surface area contributed by atoms with E-state index < -0.39 is 6.36 Å². The summed E-state index contributed by atoms with van der Waals surface area (Å²) >= 11 is 0. The number of alkyl halides is 3. The fraction of sp³-hybridized carbons (Fsp3) is 0.750. The fourth-order valence-corrected chi connectivity index (χ4v) is 0.231. The molecule has 0 fully saturated rings. The van der Waals surface area contributed by atoms with Crippen molar-refractivity contribution in [1.29, 1.82) is 0 Å². The van der Waals surface area contributed by atoms with E-state index in [1.165, 1.54) is 13.8 Å². The van der Waals surface area contributed by atoms with Crippen LogP contribution in [-0.2, 0) is 4.74 Å². The zero-order valence-corrected chi connectivity index (χ0v) is 4.54. The predicted octanol–water partition coefficient (Wildman–Crippen LogP) is 2.09. The van der Waals surface area contributed by atoms with Gasteiger partial charge < -0.3 is 0 Å². The van der Waals surface area contributed by atoms with Crippen LogP contribution in [0.1, 0.15) is 13.8 Å². The number of halogens is 3. The van der Waals surface area contributed by atoms with E-state index in [-0.39, 0.29) is 6.10 Å². The van der Waals surface area contributed by atoms with Crippen LogP contribution < -0.4 is 0 Å². The highest BCUT2D eigenvalue weighted by atomic mass is 19.4. The molecule has 0 spiro atoms. The summed E-state index contributed by atoms with van der Waals surface area (Å²) < 4.78 is 36.5. The second-order valence-corrected chi connectivity index (χ2v) is 1.46. The summed E-state index contributed by atoms with van der Waals surface area (Å²) in [7, 11) is 0. The van der Waals surface area contributed by atoms with Crippen LogP contribution in [0.5, 0.6) is 0 Å². The normalized spacial score (nSPS) is 12.8. The third-order valence-electron chi connectivity index (χ3n) is 0.320. The quantitative estimate of drug-likeness (QED) is 0.524. The van der Waals surface area contributed by atoms with Crippen LogP contribution in [-0.4, -0.2) is 6.36 Å². The highest BCUT2D eigenvalue weighted by Gasteiger charge is 2.30. The summed E-state index contributed by atoms with van der Waals surface area (Å²) in [5, 5.41) is 0. The van der Waals surface area contributed by atoms with Crippen molar-refractivity contribution < 1.29 is 17.9 Å². The van der Waals surface area contributed by atoms with Crippen LogP contribution >= 0.6 is 0 Å². The number of ether oxygens (including phenoxy) is 1. The van der Waals surface area contributed by atoms with Crippen molar-refractivity contribution >= 4 is 0 Å². The van der Waals surface area contributed by atoms with E-state index in [9.17, 15) is 13.2 Å². The molecule has 0 atom stereocenters. The maximum Gasteiger partial charge on any atom is 0.523 e. The summed E-state index contributed by atoms with van der Waals surface area (Å²) in [6.07, 6.45) is -4.61.